The van der Waals surface area contributed by atoms with Crippen LogP contribution < -0.4 is 5.32 Å². The van der Waals surface area contributed by atoms with Crippen LogP contribution in [0.3, 0.4) is 0 Å². The zero-order valence-corrected chi connectivity index (χ0v) is 20.5. The van der Waals surface area contributed by atoms with E-state index in [9.17, 15) is 18.0 Å². The van der Waals surface area contributed by atoms with Crippen LogP contribution in [0.4, 0.5) is 5.69 Å². The van der Waals surface area contributed by atoms with Crippen LogP contribution in [-0.2, 0) is 26.1 Å². The molecule has 0 saturated heterocycles. The fourth-order valence-electron chi connectivity index (χ4n) is 3.06. The Bertz CT molecular complexity index is 1260. The SMILES string of the molecule is CCOC(=O)c1ccc(NC(=O)CN(Cc2ccccc2Cl)S(=O)(=O)c2ccc(Cl)cc2)cc1. The number of carbonyl (C=O) groups is 2. The molecule has 3 aromatic rings. The van der Waals surface area contributed by atoms with Crippen molar-refractivity contribution in [2.75, 3.05) is 18.5 Å². The normalized spacial score (nSPS) is 11.3. The summed E-state index contributed by atoms with van der Waals surface area (Å²) in [6.45, 7) is 1.38. The molecule has 0 aliphatic heterocycles. The Morgan fingerprint density at radius 3 is 2.21 bits per heavy atom. The highest BCUT2D eigenvalue weighted by Gasteiger charge is 2.27. The monoisotopic (exact) mass is 520 g/mol. The van der Waals surface area contributed by atoms with E-state index in [1.165, 1.54) is 48.5 Å². The maximum Gasteiger partial charge on any atom is 0.338 e. The van der Waals surface area contributed by atoms with Crippen molar-refractivity contribution in [2.24, 2.45) is 0 Å². The molecule has 0 heterocycles. The number of anilines is 1. The molecule has 0 unspecified atom stereocenters. The smallest absolute Gasteiger partial charge is 0.338 e. The van der Waals surface area contributed by atoms with E-state index in [4.69, 9.17) is 27.9 Å². The van der Waals surface area contributed by atoms with E-state index in [1.807, 2.05) is 0 Å². The molecule has 0 aliphatic carbocycles. The average Bonchev–Trinajstić information content (AvgIpc) is 2.81. The van der Waals surface area contributed by atoms with Crippen LogP contribution in [0.25, 0.3) is 0 Å². The molecule has 3 aromatic carbocycles. The molecule has 0 aliphatic rings. The van der Waals surface area contributed by atoms with E-state index in [0.717, 1.165) is 4.31 Å². The zero-order chi connectivity index (χ0) is 24.7. The lowest BCUT2D eigenvalue weighted by molar-refractivity contribution is -0.116. The molecule has 1 N–H and O–H groups in total. The lowest BCUT2D eigenvalue weighted by Crippen LogP contribution is -2.37. The molecule has 178 valence electrons. The first-order valence-electron chi connectivity index (χ1n) is 10.3. The maximum atomic E-state index is 13.3. The number of sulfonamides is 1. The lowest BCUT2D eigenvalue weighted by atomic mass is 10.2. The third-order valence-electron chi connectivity index (χ3n) is 4.76. The molecule has 0 saturated carbocycles. The Balaban J connectivity index is 1.82. The summed E-state index contributed by atoms with van der Waals surface area (Å²) in [5.74, 6) is -1.03. The van der Waals surface area contributed by atoms with Gasteiger partial charge in [0.25, 0.3) is 0 Å². The number of amides is 1. The predicted octanol–water partition coefficient (Wildman–Crippen LogP) is 5.00. The summed E-state index contributed by atoms with van der Waals surface area (Å²) < 4.78 is 32.7. The third kappa shape index (κ3) is 6.57. The second-order valence-corrected chi connectivity index (χ2v) is 9.95. The molecule has 3 rings (SSSR count). The van der Waals surface area contributed by atoms with Crippen molar-refractivity contribution in [1.29, 1.82) is 0 Å². The van der Waals surface area contributed by atoms with Gasteiger partial charge in [-0.05, 0) is 67.1 Å². The quantitative estimate of drug-likeness (QED) is 0.400. The Morgan fingerprint density at radius 2 is 1.59 bits per heavy atom. The number of nitrogens with zero attached hydrogens (tertiary/aromatic N) is 1. The highest BCUT2D eigenvalue weighted by Crippen LogP contribution is 2.24. The molecule has 0 aromatic heterocycles. The van der Waals surface area contributed by atoms with Crippen LogP contribution in [0.5, 0.6) is 0 Å². The van der Waals surface area contributed by atoms with Gasteiger partial charge >= 0.3 is 5.97 Å². The van der Waals surface area contributed by atoms with E-state index in [-0.39, 0.29) is 18.0 Å². The minimum absolute atomic E-state index is 0.00413. The van der Waals surface area contributed by atoms with Crippen LogP contribution in [0, 0.1) is 0 Å². The van der Waals surface area contributed by atoms with E-state index < -0.39 is 28.4 Å². The lowest BCUT2D eigenvalue weighted by Gasteiger charge is -2.22. The first-order chi connectivity index (χ1) is 16.2. The van der Waals surface area contributed by atoms with Gasteiger partial charge in [0.1, 0.15) is 0 Å². The number of carbonyl (C=O) groups excluding carboxylic acids is 2. The van der Waals surface area contributed by atoms with Crippen LogP contribution in [0.2, 0.25) is 10.0 Å². The van der Waals surface area contributed by atoms with Crippen LogP contribution >= 0.6 is 23.2 Å². The van der Waals surface area contributed by atoms with Gasteiger partial charge in [0, 0.05) is 22.3 Å². The molecule has 0 bridgehead atoms. The summed E-state index contributed by atoms with van der Waals surface area (Å²) >= 11 is 12.1. The number of hydrogen-bond donors (Lipinski definition) is 1. The average molecular weight is 521 g/mol. The van der Waals surface area contributed by atoms with Gasteiger partial charge in [-0.15, -0.1) is 0 Å². The zero-order valence-electron chi connectivity index (χ0n) is 18.2. The number of benzene rings is 3. The van der Waals surface area contributed by atoms with Gasteiger partial charge in [-0.3, -0.25) is 4.79 Å². The largest absolute Gasteiger partial charge is 0.462 e. The van der Waals surface area contributed by atoms with Crippen molar-refractivity contribution in [3.05, 3.63) is 94.0 Å². The topological polar surface area (TPSA) is 92.8 Å². The third-order valence-corrected chi connectivity index (χ3v) is 7.18. The summed E-state index contributed by atoms with van der Waals surface area (Å²) in [7, 11) is -4.05. The minimum atomic E-state index is -4.05. The van der Waals surface area contributed by atoms with Gasteiger partial charge < -0.3 is 10.1 Å². The molecule has 0 radical (unpaired) electrons. The van der Waals surface area contributed by atoms with Gasteiger partial charge in [0.2, 0.25) is 15.9 Å². The van der Waals surface area contributed by atoms with E-state index in [2.05, 4.69) is 5.32 Å². The van der Waals surface area contributed by atoms with Gasteiger partial charge in [-0.2, -0.15) is 4.31 Å². The fourth-order valence-corrected chi connectivity index (χ4v) is 4.76. The van der Waals surface area contributed by atoms with Crippen LogP contribution in [-0.4, -0.2) is 37.8 Å². The molecule has 10 heteroatoms. The van der Waals surface area contributed by atoms with Gasteiger partial charge in [-0.25, -0.2) is 13.2 Å². The van der Waals surface area contributed by atoms with Gasteiger partial charge in [-0.1, -0.05) is 41.4 Å². The van der Waals surface area contributed by atoms with Crippen LogP contribution in [0.1, 0.15) is 22.8 Å². The number of nitrogens with one attached hydrogen (secondary N) is 1. The molecule has 0 fully saturated rings. The Kier molecular flexibility index (Phi) is 8.68. The number of halogens is 2. The predicted molar refractivity (Wildman–Crippen MR) is 132 cm³/mol. The van der Waals surface area contributed by atoms with E-state index in [0.29, 0.717) is 26.9 Å². The molecule has 0 spiro atoms. The Morgan fingerprint density at radius 1 is 0.941 bits per heavy atom. The molecule has 0 atom stereocenters. The summed E-state index contributed by atoms with van der Waals surface area (Å²) in [5, 5.41) is 3.42. The second-order valence-electron chi connectivity index (χ2n) is 7.16. The van der Waals surface area contributed by atoms with E-state index >= 15 is 0 Å². The number of rotatable bonds is 9. The first kappa shape index (κ1) is 25.7. The van der Waals surface area contributed by atoms with Crippen molar-refractivity contribution in [3.8, 4) is 0 Å². The molecule has 7 nitrogen and oxygen atoms in total. The standard InChI is InChI=1S/C24H22Cl2N2O5S/c1-2-33-24(30)17-7-11-20(12-8-17)27-23(29)16-28(15-18-5-3-4-6-22(18)26)34(31,32)21-13-9-19(25)10-14-21/h3-14H,2,15-16H2,1H3,(H,27,29). The number of esters is 1. The molecule has 1 amide bonds. The van der Waals surface area contributed by atoms with Crippen molar-refractivity contribution in [2.45, 2.75) is 18.4 Å². The Labute approximate surface area is 208 Å². The van der Waals surface area contributed by atoms with Crippen molar-refractivity contribution in [3.63, 3.8) is 0 Å². The molecular weight excluding hydrogens is 499 g/mol. The maximum absolute atomic E-state index is 13.3. The summed E-state index contributed by atoms with van der Waals surface area (Å²) in [4.78, 5) is 24.6. The van der Waals surface area contributed by atoms with Crippen LogP contribution in [0.15, 0.2) is 77.7 Å². The van der Waals surface area contributed by atoms with Crippen molar-refractivity contribution < 1.29 is 22.7 Å². The highest BCUT2D eigenvalue weighted by molar-refractivity contribution is 7.89. The molecule has 34 heavy (non-hydrogen) atoms. The van der Waals surface area contributed by atoms with Crippen molar-refractivity contribution >= 4 is 50.8 Å². The summed E-state index contributed by atoms with van der Waals surface area (Å²) in [6, 6.07) is 18.6. The second kappa shape index (κ2) is 11.5. The minimum Gasteiger partial charge on any atom is -0.462 e. The van der Waals surface area contributed by atoms with Gasteiger partial charge in [0.15, 0.2) is 0 Å². The number of ether oxygens (including phenoxy) is 1. The first-order valence-corrected chi connectivity index (χ1v) is 12.5. The highest BCUT2D eigenvalue weighted by atomic mass is 35.5. The van der Waals surface area contributed by atoms with Crippen molar-refractivity contribution in [1.82, 2.24) is 4.31 Å². The number of hydrogen-bond acceptors (Lipinski definition) is 5. The fraction of sp³-hybridized carbons (Fsp3) is 0.167. The summed E-state index contributed by atoms with van der Waals surface area (Å²) in [6.07, 6.45) is 0. The molecular formula is C24H22Cl2N2O5S. The summed E-state index contributed by atoms with van der Waals surface area (Å²) in [5.41, 5.74) is 1.29. The van der Waals surface area contributed by atoms with E-state index in [1.54, 1.807) is 31.2 Å². The Hall–Kier alpha value is -2.91. The van der Waals surface area contributed by atoms with Gasteiger partial charge in [0.05, 0.1) is 23.6 Å².